The number of anilines is 1. The minimum Gasteiger partial charge on any atom is -0.478 e. The number of ether oxygens (including phenoxy) is 1. The Morgan fingerprint density at radius 1 is 1.03 bits per heavy atom. The summed E-state index contributed by atoms with van der Waals surface area (Å²) in [5.74, 6) is -1.15. The monoisotopic (exact) mass is 475 g/mol. The van der Waals surface area contributed by atoms with Crippen molar-refractivity contribution in [2.45, 2.75) is 57.8 Å². The average molecular weight is 476 g/mol. The topological polar surface area (TPSA) is 92.7 Å². The molecule has 1 saturated carbocycles. The van der Waals surface area contributed by atoms with E-state index in [2.05, 4.69) is 29.6 Å². The molecule has 1 aliphatic heterocycles. The van der Waals surface area contributed by atoms with Crippen molar-refractivity contribution in [1.29, 1.82) is 0 Å². The van der Waals surface area contributed by atoms with Crippen LogP contribution >= 0.6 is 0 Å². The summed E-state index contributed by atoms with van der Waals surface area (Å²) in [6.07, 6.45) is 10.6. The summed E-state index contributed by atoms with van der Waals surface area (Å²) in [6.45, 7) is 0.530. The first-order chi connectivity index (χ1) is 16.9. The standard InChI is InChI=1S/C29H33NO5/c31-26(32)14-13-21-6-4-8-25(19-21)30-28(34)29(15-2-1-3-16-29)20-23-11-9-22(10-12-23)18-24-7-5-17-35-27(24)33/h4,6,8-14,19,24H,1-3,5,7,15-18,20H2,(H,30,34)(H,31,32)/b14-13+. The third kappa shape index (κ3) is 6.59. The fraction of sp³-hybridized carbons (Fsp3) is 0.414. The number of amides is 1. The number of nitrogens with one attached hydrogen (secondary N) is 1. The van der Waals surface area contributed by atoms with E-state index >= 15 is 0 Å². The first-order valence-electron chi connectivity index (χ1n) is 12.5. The molecule has 0 spiro atoms. The van der Waals surface area contributed by atoms with Crippen molar-refractivity contribution in [1.82, 2.24) is 0 Å². The van der Waals surface area contributed by atoms with E-state index in [0.717, 1.165) is 67.7 Å². The highest BCUT2D eigenvalue weighted by molar-refractivity contribution is 5.96. The van der Waals surface area contributed by atoms with Crippen LogP contribution in [-0.4, -0.2) is 29.6 Å². The van der Waals surface area contributed by atoms with Gasteiger partial charge in [0.1, 0.15) is 0 Å². The molecule has 2 N–H and O–H groups in total. The smallest absolute Gasteiger partial charge is 0.328 e. The Bertz CT molecular complexity index is 1080. The van der Waals surface area contributed by atoms with Crippen molar-refractivity contribution in [2.24, 2.45) is 11.3 Å². The SMILES string of the molecule is O=C(O)/C=C/c1cccc(NC(=O)C2(Cc3ccc(CC4CCCOC4=O)cc3)CCCCC2)c1. The molecule has 6 nitrogen and oxygen atoms in total. The Kier molecular flexibility index (Phi) is 8.01. The predicted molar refractivity (Wildman–Crippen MR) is 135 cm³/mol. The normalized spacial score (nSPS) is 19.8. The van der Waals surface area contributed by atoms with Crippen LogP contribution in [0.25, 0.3) is 6.08 Å². The van der Waals surface area contributed by atoms with Crippen molar-refractivity contribution in [3.8, 4) is 0 Å². The molecule has 2 aliphatic rings. The van der Waals surface area contributed by atoms with Gasteiger partial charge in [0, 0.05) is 11.8 Å². The maximum absolute atomic E-state index is 13.6. The van der Waals surface area contributed by atoms with Crippen LogP contribution in [0.15, 0.2) is 54.6 Å². The Hall–Kier alpha value is -3.41. The van der Waals surface area contributed by atoms with E-state index < -0.39 is 11.4 Å². The van der Waals surface area contributed by atoms with Crippen LogP contribution in [-0.2, 0) is 32.0 Å². The molecule has 0 aromatic heterocycles. The van der Waals surface area contributed by atoms with E-state index in [0.29, 0.717) is 25.1 Å². The molecule has 2 aromatic rings. The minimum atomic E-state index is -1.01. The van der Waals surface area contributed by atoms with Gasteiger partial charge in [-0.3, -0.25) is 9.59 Å². The summed E-state index contributed by atoms with van der Waals surface area (Å²) >= 11 is 0. The third-order valence-electron chi connectivity index (χ3n) is 7.18. The highest BCUT2D eigenvalue weighted by atomic mass is 16.5. The van der Waals surface area contributed by atoms with Gasteiger partial charge in [-0.2, -0.15) is 0 Å². The van der Waals surface area contributed by atoms with Gasteiger partial charge in [-0.05, 0) is 73.4 Å². The number of carboxylic acid groups (broad SMARTS) is 1. The number of rotatable bonds is 8. The van der Waals surface area contributed by atoms with Crippen molar-refractivity contribution in [3.63, 3.8) is 0 Å². The van der Waals surface area contributed by atoms with Gasteiger partial charge >= 0.3 is 11.9 Å². The Morgan fingerprint density at radius 2 is 1.77 bits per heavy atom. The fourth-order valence-electron chi connectivity index (χ4n) is 5.26. The van der Waals surface area contributed by atoms with Crippen LogP contribution in [0.1, 0.15) is 61.6 Å². The summed E-state index contributed by atoms with van der Waals surface area (Å²) in [5.41, 5.74) is 3.16. The van der Waals surface area contributed by atoms with E-state index in [4.69, 9.17) is 9.84 Å². The molecular weight excluding hydrogens is 442 g/mol. The molecule has 0 radical (unpaired) electrons. The molecule has 4 rings (SSSR count). The molecule has 1 saturated heterocycles. The zero-order valence-electron chi connectivity index (χ0n) is 20.0. The molecule has 2 aromatic carbocycles. The maximum Gasteiger partial charge on any atom is 0.328 e. The largest absolute Gasteiger partial charge is 0.478 e. The van der Waals surface area contributed by atoms with Crippen LogP contribution in [0.5, 0.6) is 0 Å². The summed E-state index contributed by atoms with van der Waals surface area (Å²) < 4.78 is 5.19. The van der Waals surface area contributed by atoms with Gasteiger partial charge in [0.15, 0.2) is 0 Å². The lowest BCUT2D eigenvalue weighted by Crippen LogP contribution is -2.40. The number of benzene rings is 2. The number of cyclic esters (lactones) is 1. The van der Waals surface area contributed by atoms with E-state index in [1.807, 2.05) is 12.1 Å². The summed E-state index contributed by atoms with van der Waals surface area (Å²) in [6, 6.07) is 15.6. The van der Waals surface area contributed by atoms with Gasteiger partial charge in [-0.25, -0.2) is 4.79 Å². The van der Waals surface area contributed by atoms with Crippen LogP contribution in [0, 0.1) is 11.3 Å². The molecule has 1 atom stereocenters. The maximum atomic E-state index is 13.6. The van der Waals surface area contributed by atoms with E-state index in [-0.39, 0.29) is 17.8 Å². The van der Waals surface area contributed by atoms with Crippen molar-refractivity contribution in [3.05, 3.63) is 71.3 Å². The minimum absolute atomic E-state index is 0.0191. The van der Waals surface area contributed by atoms with Gasteiger partial charge in [0.25, 0.3) is 0 Å². The van der Waals surface area contributed by atoms with E-state index in [1.165, 1.54) is 6.08 Å². The van der Waals surface area contributed by atoms with Crippen LogP contribution in [0.2, 0.25) is 0 Å². The van der Waals surface area contributed by atoms with Gasteiger partial charge in [0.2, 0.25) is 5.91 Å². The number of carbonyl (C=O) groups excluding carboxylic acids is 2. The Morgan fingerprint density at radius 3 is 2.49 bits per heavy atom. The van der Waals surface area contributed by atoms with Gasteiger partial charge < -0.3 is 15.2 Å². The number of aliphatic carboxylic acids is 1. The lowest BCUT2D eigenvalue weighted by Gasteiger charge is -2.36. The highest BCUT2D eigenvalue weighted by Crippen LogP contribution is 2.40. The van der Waals surface area contributed by atoms with Crippen LogP contribution in [0.4, 0.5) is 5.69 Å². The number of esters is 1. The summed E-state index contributed by atoms with van der Waals surface area (Å²) in [4.78, 5) is 36.4. The van der Waals surface area contributed by atoms with Crippen molar-refractivity contribution < 1.29 is 24.2 Å². The molecular formula is C29H33NO5. The van der Waals surface area contributed by atoms with Gasteiger partial charge in [-0.1, -0.05) is 55.7 Å². The second kappa shape index (κ2) is 11.3. The number of carbonyl (C=O) groups is 3. The quantitative estimate of drug-likeness (QED) is 0.393. The number of hydrogen-bond acceptors (Lipinski definition) is 4. The average Bonchev–Trinajstić information content (AvgIpc) is 2.86. The lowest BCUT2D eigenvalue weighted by atomic mass is 9.69. The number of carboxylic acids is 1. The molecule has 1 aliphatic carbocycles. The summed E-state index contributed by atoms with van der Waals surface area (Å²) in [7, 11) is 0. The molecule has 35 heavy (non-hydrogen) atoms. The fourth-order valence-corrected chi connectivity index (χ4v) is 5.26. The molecule has 2 fully saturated rings. The summed E-state index contributed by atoms with van der Waals surface area (Å²) in [5, 5.41) is 12.0. The van der Waals surface area contributed by atoms with E-state index in [1.54, 1.807) is 12.1 Å². The predicted octanol–water partition coefficient (Wildman–Crippen LogP) is 5.41. The third-order valence-corrected chi connectivity index (χ3v) is 7.18. The highest BCUT2D eigenvalue weighted by Gasteiger charge is 2.39. The molecule has 1 unspecified atom stereocenters. The molecule has 1 amide bonds. The van der Waals surface area contributed by atoms with Gasteiger partial charge in [0.05, 0.1) is 17.9 Å². The number of hydrogen-bond donors (Lipinski definition) is 2. The zero-order chi connectivity index (χ0) is 24.7. The molecule has 6 heteroatoms. The zero-order valence-corrected chi connectivity index (χ0v) is 20.0. The van der Waals surface area contributed by atoms with Crippen molar-refractivity contribution in [2.75, 3.05) is 11.9 Å². The Labute approximate surface area is 206 Å². The van der Waals surface area contributed by atoms with Gasteiger partial charge in [-0.15, -0.1) is 0 Å². The van der Waals surface area contributed by atoms with E-state index in [9.17, 15) is 14.4 Å². The molecule has 184 valence electrons. The molecule has 0 bridgehead atoms. The lowest BCUT2D eigenvalue weighted by molar-refractivity contribution is -0.152. The molecule has 1 heterocycles. The Balaban J connectivity index is 1.45. The second-order valence-corrected chi connectivity index (χ2v) is 9.80. The van der Waals surface area contributed by atoms with Crippen LogP contribution in [0.3, 0.4) is 0 Å². The second-order valence-electron chi connectivity index (χ2n) is 9.80. The first kappa shape index (κ1) is 24.7. The van der Waals surface area contributed by atoms with Crippen molar-refractivity contribution >= 4 is 29.6 Å². The first-order valence-corrected chi connectivity index (χ1v) is 12.5. The van der Waals surface area contributed by atoms with Crippen LogP contribution < -0.4 is 5.32 Å².